The number of hydrogen-bond acceptors (Lipinski definition) is 7. The molecule has 130 valence electrons. The Morgan fingerprint density at radius 2 is 2.12 bits per heavy atom. The number of rotatable bonds is 5. The molecule has 0 saturated carbocycles. The minimum atomic E-state index is -1.50. The third-order valence-electron chi connectivity index (χ3n) is 3.64. The van der Waals surface area contributed by atoms with Gasteiger partial charge in [0.05, 0.1) is 19.1 Å². The van der Waals surface area contributed by atoms with Crippen LogP contribution in [0.4, 0.5) is 4.39 Å². The second-order valence-corrected chi connectivity index (χ2v) is 5.28. The second kappa shape index (κ2) is 6.69. The summed E-state index contributed by atoms with van der Waals surface area (Å²) in [5.74, 6) is -0.643. The van der Waals surface area contributed by atoms with Gasteiger partial charge in [-0.05, 0) is 12.1 Å². The van der Waals surface area contributed by atoms with Gasteiger partial charge in [0.2, 0.25) is 5.82 Å². The number of ether oxygens (including phenoxy) is 2. The molecule has 10 heteroatoms. The molecule has 1 saturated heterocycles. The number of aromatic amines is 1. The first-order valence-corrected chi connectivity index (χ1v) is 7.10. The Kier molecular flexibility index (Phi) is 4.62. The van der Waals surface area contributed by atoms with Gasteiger partial charge >= 0.3 is 5.69 Å². The molecule has 0 amide bonds. The molecule has 0 bridgehead atoms. The third-order valence-corrected chi connectivity index (χ3v) is 3.64. The number of hydrogen-bond donors (Lipinski definition) is 3. The molecule has 3 rings (SSSR count). The summed E-state index contributed by atoms with van der Waals surface area (Å²) in [5, 5.41) is 20.0. The second-order valence-electron chi connectivity index (χ2n) is 5.28. The van der Waals surface area contributed by atoms with Gasteiger partial charge in [-0.2, -0.15) is 4.39 Å². The van der Waals surface area contributed by atoms with Crippen molar-refractivity contribution in [1.29, 1.82) is 0 Å². The monoisotopic (exact) mass is 342 g/mol. The molecule has 2 aromatic rings. The minimum absolute atomic E-state index is 0.0873. The number of nitrogens with one attached hydrogen (secondary N) is 1. The summed E-state index contributed by atoms with van der Waals surface area (Å²) in [4.78, 5) is 24.5. The molecule has 0 unspecified atom stereocenters. The lowest BCUT2D eigenvalue weighted by Gasteiger charge is -2.16. The molecule has 4 atom stereocenters. The van der Waals surface area contributed by atoms with Gasteiger partial charge < -0.3 is 24.1 Å². The molecule has 0 spiro atoms. The van der Waals surface area contributed by atoms with Gasteiger partial charge in [-0.25, -0.2) is 4.79 Å². The van der Waals surface area contributed by atoms with E-state index in [1.807, 2.05) is 0 Å². The molecular weight excluding hydrogens is 327 g/mol. The maximum atomic E-state index is 13.4. The molecule has 0 aliphatic carbocycles. The average Bonchev–Trinajstić information content (AvgIpc) is 3.15. The van der Waals surface area contributed by atoms with E-state index in [0.717, 1.165) is 0 Å². The van der Waals surface area contributed by atoms with Crippen molar-refractivity contribution in [2.75, 3.05) is 6.61 Å². The van der Waals surface area contributed by atoms with Gasteiger partial charge in [-0.15, -0.1) is 0 Å². The maximum absolute atomic E-state index is 13.4. The van der Waals surface area contributed by atoms with Crippen molar-refractivity contribution in [3.05, 3.63) is 57.0 Å². The first-order valence-electron chi connectivity index (χ1n) is 7.10. The van der Waals surface area contributed by atoms with E-state index in [9.17, 15) is 24.2 Å². The summed E-state index contributed by atoms with van der Waals surface area (Å²) in [6.07, 6.45) is -3.04. The zero-order chi connectivity index (χ0) is 17.3. The van der Waals surface area contributed by atoms with E-state index in [1.165, 1.54) is 6.26 Å². The molecule has 1 aliphatic heterocycles. The van der Waals surface area contributed by atoms with Gasteiger partial charge in [0.15, 0.2) is 6.23 Å². The van der Waals surface area contributed by atoms with E-state index in [2.05, 4.69) is 0 Å². The van der Waals surface area contributed by atoms with Crippen LogP contribution < -0.4 is 11.2 Å². The van der Waals surface area contributed by atoms with Crippen LogP contribution in [0.5, 0.6) is 0 Å². The number of aromatic nitrogens is 2. The topological polar surface area (TPSA) is 127 Å². The van der Waals surface area contributed by atoms with Gasteiger partial charge in [0.1, 0.15) is 30.7 Å². The van der Waals surface area contributed by atoms with Crippen LogP contribution >= 0.6 is 0 Å². The molecule has 0 radical (unpaired) electrons. The molecule has 0 aromatic carbocycles. The van der Waals surface area contributed by atoms with Gasteiger partial charge in [-0.3, -0.25) is 14.3 Å². The lowest BCUT2D eigenvalue weighted by molar-refractivity contribution is -0.0728. The molecule has 9 nitrogen and oxygen atoms in total. The normalized spacial score (nSPS) is 26.8. The van der Waals surface area contributed by atoms with Gasteiger partial charge in [-0.1, -0.05) is 0 Å². The summed E-state index contributed by atoms with van der Waals surface area (Å²) in [6, 6.07) is 3.39. The Balaban J connectivity index is 1.69. The first-order chi connectivity index (χ1) is 11.5. The van der Waals surface area contributed by atoms with Crippen molar-refractivity contribution in [2.24, 2.45) is 0 Å². The van der Waals surface area contributed by atoms with Gasteiger partial charge in [0, 0.05) is 0 Å². The van der Waals surface area contributed by atoms with Gasteiger partial charge in [0.25, 0.3) is 5.56 Å². The Bertz CT molecular complexity index is 800. The average molecular weight is 342 g/mol. The molecule has 24 heavy (non-hydrogen) atoms. The van der Waals surface area contributed by atoms with Crippen LogP contribution in [0.15, 0.2) is 38.6 Å². The van der Waals surface area contributed by atoms with Crippen LogP contribution in [0.3, 0.4) is 0 Å². The maximum Gasteiger partial charge on any atom is 0.330 e. The summed E-state index contributed by atoms with van der Waals surface area (Å²) in [6.45, 7) is 0.0452. The number of H-pyrrole nitrogens is 1. The summed E-state index contributed by atoms with van der Waals surface area (Å²) < 4.78 is 29.8. The molecule has 1 fully saturated rings. The van der Waals surface area contributed by atoms with E-state index >= 15 is 0 Å². The number of nitrogens with zero attached hydrogens (tertiary/aromatic N) is 1. The Morgan fingerprint density at radius 1 is 1.33 bits per heavy atom. The van der Waals surface area contributed by atoms with Crippen molar-refractivity contribution in [2.45, 2.75) is 31.1 Å². The van der Waals surface area contributed by atoms with E-state index in [4.69, 9.17) is 13.9 Å². The summed E-state index contributed by atoms with van der Waals surface area (Å²) in [5.41, 5.74) is -2.14. The number of halogens is 1. The molecule has 2 aromatic heterocycles. The predicted molar refractivity (Wildman–Crippen MR) is 75.6 cm³/mol. The number of aliphatic hydroxyl groups excluding tert-OH is 2. The zero-order valence-electron chi connectivity index (χ0n) is 12.3. The zero-order valence-corrected chi connectivity index (χ0v) is 12.3. The predicted octanol–water partition coefficient (Wildman–Crippen LogP) is -0.895. The highest BCUT2D eigenvalue weighted by molar-refractivity contribution is 4.97. The van der Waals surface area contributed by atoms with Crippen LogP contribution in [0.2, 0.25) is 0 Å². The highest BCUT2D eigenvalue weighted by Crippen LogP contribution is 2.28. The molecule has 3 heterocycles. The first kappa shape index (κ1) is 16.6. The standard InChI is InChI=1S/C14H15FN2O7/c15-8-4-17(14(21)16-12(8)20)13-11(19)10(18)9(24-13)6-22-5-7-2-1-3-23-7/h1-4,9-11,13,18-19H,5-6H2,(H,16,20,21)/t9-,10-,11-,13-/m1/s1. The van der Waals surface area contributed by atoms with E-state index in [1.54, 1.807) is 17.1 Å². The SMILES string of the molecule is O=c1[nH]c(=O)n([C@@H]2O[C@H](COCc3ccco3)[C@@H](O)[C@H]2O)cc1F. The highest BCUT2D eigenvalue weighted by atomic mass is 19.1. The smallest absolute Gasteiger partial charge is 0.330 e. The molecule has 1 aliphatic rings. The molecule has 3 N–H and O–H groups in total. The van der Waals surface area contributed by atoms with Crippen molar-refractivity contribution >= 4 is 0 Å². The van der Waals surface area contributed by atoms with Crippen molar-refractivity contribution < 1.29 is 28.5 Å². The van der Waals surface area contributed by atoms with Crippen LogP contribution in [-0.2, 0) is 16.1 Å². The molecular formula is C14H15FN2O7. The van der Waals surface area contributed by atoms with E-state index in [0.29, 0.717) is 16.5 Å². The Labute approximate surface area is 133 Å². The highest BCUT2D eigenvalue weighted by Gasteiger charge is 2.44. The van der Waals surface area contributed by atoms with Crippen molar-refractivity contribution in [1.82, 2.24) is 9.55 Å². The fourth-order valence-electron chi connectivity index (χ4n) is 2.42. The summed E-state index contributed by atoms with van der Waals surface area (Å²) in [7, 11) is 0. The Morgan fingerprint density at radius 3 is 2.83 bits per heavy atom. The van der Waals surface area contributed by atoms with Crippen LogP contribution in [0, 0.1) is 5.82 Å². The quantitative estimate of drug-likeness (QED) is 0.643. The lowest BCUT2D eigenvalue weighted by Crippen LogP contribution is -2.38. The van der Waals surface area contributed by atoms with Crippen LogP contribution in [0.1, 0.15) is 12.0 Å². The van der Waals surface area contributed by atoms with Crippen LogP contribution in [-0.4, -0.2) is 44.7 Å². The lowest BCUT2D eigenvalue weighted by atomic mass is 10.1. The van der Waals surface area contributed by atoms with Crippen molar-refractivity contribution in [3.63, 3.8) is 0 Å². The summed E-state index contributed by atoms with van der Waals surface area (Å²) >= 11 is 0. The Hall–Kier alpha value is -2.27. The largest absolute Gasteiger partial charge is 0.467 e. The number of aliphatic hydroxyl groups is 2. The van der Waals surface area contributed by atoms with E-state index < -0.39 is 41.6 Å². The van der Waals surface area contributed by atoms with E-state index in [-0.39, 0.29) is 13.2 Å². The number of furan rings is 1. The van der Waals surface area contributed by atoms with Crippen molar-refractivity contribution in [3.8, 4) is 0 Å². The minimum Gasteiger partial charge on any atom is -0.467 e. The third kappa shape index (κ3) is 3.17. The van der Waals surface area contributed by atoms with Crippen LogP contribution in [0.25, 0.3) is 0 Å². The fourth-order valence-corrected chi connectivity index (χ4v) is 2.42. The fraction of sp³-hybridized carbons (Fsp3) is 0.429.